The topological polar surface area (TPSA) is 114 Å². The molecule has 8 nitrogen and oxygen atoms in total. The molecular weight excluding hydrogens is 335 g/mol. The molecule has 0 aromatic rings. The van der Waals surface area contributed by atoms with E-state index in [-0.39, 0.29) is 36.5 Å². The Labute approximate surface area is 143 Å². The lowest BCUT2D eigenvalue weighted by Crippen LogP contribution is -2.45. The van der Waals surface area contributed by atoms with Crippen LogP contribution in [-0.2, 0) is 23.2 Å². The Hall–Kier alpha value is -0.950. The molecule has 2 atom stereocenters. The smallest absolute Gasteiger partial charge is 0.354 e. The first-order valence-corrected chi connectivity index (χ1v) is 9.66. The van der Waals surface area contributed by atoms with Crippen LogP contribution in [0.2, 0.25) is 0 Å². The molecule has 1 fully saturated rings. The minimum Gasteiger partial charge on any atom is -0.354 e. The summed E-state index contributed by atoms with van der Waals surface area (Å²) in [5.41, 5.74) is 0.231. The fourth-order valence-corrected chi connectivity index (χ4v) is 3.60. The lowest BCUT2D eigenvalue weighted by Gasteiger charge is -2.34. The first kappa shape index (κ1) is 21.1. The second-order valence-corrected chi connectivity index (χ2v) is 8.47. The summed E-state index contributed by atoms with van der Waals surface area (Å²) in [7, 11) is -4.21. The lowest BCUT2D eigenvalue weighted by atomic mass is 9.76. The number of rotatable bonds is 8. The molecule has 0 aliphatic heterocycles. The summed E-state index contributed by atoms with van der Waals surface area (Å²) in [4.78, 5) is 32.0. The van der Waals surface area contributed by atoms with Gasteiger partial charge in [-0.15, -0.1) is 0 Å². The molecule has 0 heterocycles. The van der Waals surface area contributed by atoms with Gasteiger partial charge in [-0.2, -0.15) is 0 Å². The molecule has 0 spiro atoms. The molecule has 24 heavy (non-hydrogen) atoms. The predicted molar refractivity (Wildman–Crippen MR) is 89.2 cm³/mol. The van der Waals surface area contributed by atoms with E-state index in [2.05, 4.69) is 24.5 Å². The van der Waals surface area contributed by atoms with Gasteiger partial charge in [-0.25, -0.2) is 4.57 Å². The van der Waals surface area contributed by atoms with Crippen molar-refractivity contribution in [3.8, 4) is 0 Å². The number of phosphoric ester groups is 1. The van der Waals surface area contributed by atoms with Crippen LogP contribution in [0.3, 0.4) is 0 Å². The number of amides is 2. The van der Waals surface area contributed by atoms with Crippen LogP contribution in [-0.4, -0.2) is 42.0 Å². The second-order valence-electron chi connectivity index (χ2n) is 7.07. The lowest BCUT2D eigenvalue weighted by molar-refractivity contribution is -0.121. The maximum atomic E-state index is 12.1. The third-order valence-corrected chi connectivity index (χ3v) is 5.05. The van der Waals surface area contributed by atoms with Gasteiger partial charge in [0.1, 0.15) is 0 Å². The maximum Gasteiger partial charge on any atom is 0.472 e. The van der Waals surface area contributed by atoms with Crippen LogP contribution in [0, 0.1) is 5.41 Å². The molecule has 3 N–H and O–H groups in total. The Balaban J connectivity index is 2.47. The quantitative estimate of drug-likeness (QED) is 0.565. The fourth-order valence-electron chi connectivity index (χ4n) is 2.59. The Morgan fingerprint density at radius 3 is 2.33 bits per heavy atom. The van der Waals surface area contributed by atoms with E-state index in [1.807, 2.05) is 0 Å². The van der Waals surface area contributed by atoms with Gasteiger partial charge in [-0.05, 0) is 31.1 Å². The van der Waals surface area contributed by atoms with E-state index in [4.69, 9.17) is 9.05 Å². The second kappa shape index (κ2) is 8.94. The number of carbonyl (C=O) groups excluding carboxylic acids is 2. The van der Waals surface area contributed by atoms with Crippen LogP contribution >= 0.6 is 7.82 Å². The van der Waals surface area contributed by atoms with Gasteiger partial charge >= 0.3 is 7.82 Å². The van der Waals surface area contributed by atoms with Crippen LogP contribution in [0.5, 0.6) is 0 Å². The van der Waals surface area contributed by atoms with Crippen molar-refractivity contribution in [2.24, 2.45) is 5.41 Å². The van der Waals surface area contributed by atoms with Crippen LogP contribution in [0.25, 0.3) is 0 Å². The van der Waals surface area contributed by atoms with Gasteiger partial charge in [-0.3, -0.25) is 18.6 Å². The summed E-state index contributed by atoms with van der Waals surface area (Å²) in [6, 6.07) is -0.610. The van der Waals surface area contributed by atoms with Crippen molar-refractivity contribution >= 4 is 19.6 Å². The van der Waals surface area contributed by atoms with Crippen molar-refractivity contribution in [1.82, 2.24) is 10.6 Å². The highest BCUT2D eigenvalue weighted by atomic mass is 31.2. The molecule has 0 aromatic heterocycles. The van der Waals surface area contributed by atoms with Crippen LogP contribution in [0.15, 0.2) is 0 Å². The van der Waals surface area contributed by atoms with Crippen molar-refractivity contribution in [1.29, 1.82) is 0 Å². The summed E-state index contributed by atoms with van der Waals surface area (Å²) in [5, 5.41) is 5.09. The zero-order valence-electron chi connectivity index (χ0n) is 14.8. The third-order valence-electron chi connectivity index (χ3n) is 4.01. The summed E-state index contributed by atoms with van der Waals surface area (Å²) < 4.78 is 22.3. The summed E-state index contributed by atoms with van der Waals surface area (Å²) in [6.45, 7) is 6.87. The van der Waals surface area contributed by atoms with Gasteiger partial charge in [0.25, 0.3) is 0 Å². The molecule has 0 aromatic carbocycles. The molecule has 0 radical (unpaired) electrons. The molecule has 1 unspecified atom stereocenters. The van der Waals surface area contributed by atoms with Gasteiger partial charge in [-0.1, -0.05) is 13.8 Å². The predicted octanol–water partition coefficient (Wildman–Crippen LogP) is 1.73. The van der Waals surface area contributed by atoms with E-state index in [0.717, 1.165) is 12.8 Å². The molecule has 1 aliphatic rings. The van der Waals surface area contributed by atoms with Crippen LogP contribution in [0.1, 0.15) is 53.4 Å². The summed E-state index contributed by atoms with van der Waals surface area (Å²) in [6.07, 6.45) is 2.97. The molecule has 140 valence electrons. The van der Waals surface area contributed by atoms with E-state index in [1.165, 1.54) is 13.8 Å². The Bertz CT molecular complexity index is 486. The minimum atomic E-state index is -4.21. The van der Waals surface area contributed by atoms with Gasteiger partial charge in [0.15, 0.2) is 0 Å². The molecule has 1 saturated carbocycles. The molecule has 1 rings (SSSR count). The number of hydrogen-bond donors (Lipinski definition) is 3. The highest BCUT2D eigenvalue weighted by Crippen LogP contribution is 2.48. The van der Waals surface area contributed by atoms with Crippen molar-refractivity contribution in [3.05, 3.63) is 0 Å². The average Bonchev–Trinajstić information content (AvgIpc) is 2.43. The van der Waals surface area contributed by atoms with Crippen molar-refractivity contribution in [2.75, 3.05) is 13.2 Å². The van der Waals surface area contributed by atoms with E-state index in [0.29, 0.717) is 12.8 Å². The van der Waals surface area contributed by atoms with E-state index in [9.17, 15) is 19.0 Å². The van der Waals surface area contributed by atoms with E-state index < -0.39 is 13.9 Å². The van der Waals surface area contributed by atoms with Crippen molar-refractivity contribution < 1.29 is 28.1 Å². The molecule has 1 aliphatic carbocycles. The number of carbonyl (C=O) groups is 2. The van der Waals surface area contributed by atoms with Crippen molar-refractivity contribution in [3.63, 3.8) is 0 Å². The molecule has 9 heteroatoms. The van der Waals surface area contributed by atoms with Gasteiger partial charge in [0.05, 0.1) is 18.8 Å². The normalized spacial score (nSPS) is 21.5. The molecule has 2 amide bonds. The van der Waals surface area contributed by atoms with Crippen molar-refractivity contribution in [2.45, 2.75) is 65.5 Å². The van der Waals surface area contributed by atoms with Crippen LogP contribution < -0.4 is 10.6 Å². The zero-order chi connectivity index (χ0) is 18.4. The highest BCUT2D eigenvalue weighted by Gasteiger charge is 2.33. The third kappa shape index (κ3) is 8.78. The van der Waals surface area contributed by atoms with Gasteiger partial charge < -0.3 is 15.5 Å². The monoisotopic (exact) mass is 364 g/mol. The maximum absolute atomic E-state index is 12.1. The number of phosphoric acid groups is 1. The first-order chi connectivity index (χ1) is 11.0. The molecule has 0 saturated heterocycles. The fraction of sp³-hybridized carbons (Fsp3) is 0.867. The van der Waals surface area contributed by atoms with Gasteiger partial charge in [0.2, 0.25) is 11.8 Å². The number of nitrogens with one attached hydrogen (secondary N) is 2. The van der Waals surface area contributed by atoms with Crippen LogP contribution in [0.4, 0.5) is 0 Å². The molecular formula is C15H29N2O6P. The van der Waals surface area contributed by atoms with Gasteiger partial charge in [0, 0.05) is 20.4 Å². The summed E-state index contributed by atoms with van der Waals surface area (Å²) >= 11 is 0. The largest absolute Gasteiger partial charge is 0.472 e. The standard InChI is InChI=1S/C15H29N2O6P/c1-11(18)16-9-13(17-12(2)19)10-22-24(20,21)23-14-5-7-15(3,4)8-6-14/h13-14H,5-10H2,1-4H3,(H,16,18)(H,17,19)(H,20,21)/t13-/m1/s1. The average molecular weight is 364 g/mol. The Morgan fingerprint density at radius 2 is 1.83 bits per heavy atom. The molecule has 0 bridgehead atoms. The Kier molecular flexibility index (Phi) is 7.86. The summed E-state index contributed by atoms with van der Waals surface area (Å²) in [5.74, 6) is -0.587. The zero-order valence-corrected chi connectivity index (χ0v) is 15.7. The van der Waals surface area contributed by atoms with E-state index >= 15 is 0 Å². The first-order valence-electron chi connectivity index (χ1n) is 8.16. The Morgan fingerprint density at radius 1 is 1.25 bits per heavy atom. The SMILES string of the molecule is CC(=O)NC[C@H](COP(=O)(O)OC1CCC(C)(C)CC1)NC(C)=O. The highest BCUT2D eigenvalue weighted by molar-refractivity contribution is 7.47. The van der Waals surface area contributed by atoms with E-state index in [1.54, 1.807) is 0 Å². The minimum absolute atomic E-state index is 0.104. The number of hydrogen-bond acceptors (Lipinski definition) is 5.